The molecule has 1 aliphatic rings. The van der Waals surface area contributed by atoms with E-state index in [0.29, 0.717) is 25.1 Å². The summed E-state index contributed by atoms with van der Waals surface area (Å²) < 4.78 is 13.0. The summed E-state index contributed by atoms with van der Waals surface area (Å²) in [6.07, 6.45) is 1.19. The van der Waals surface area contributed by atoms with Gasteiger partial charge in [0.25, 0.3) is 0 Å². The second-order valence-electron chi connectivity index (χ2n) is 5.33. The number of nitrogens with zero attached hydrogens (tertiary/aromatic N) is 1. The number of piperidine rings is 1. The molecule has 1 aromatic rings. The zero-order valence-corrected chi connectivity index (χ0v) is 11.2. The molecule has 1 saturated heterocycles. The number of likely N-dealkylation sites (tertiary alicyclic amines) is 1. The predicted octanol–water partition coefficient (Wildman–Crippen LogP) is 2.54. The lowest BCUT2D eigenvalue weighted by molar-refractivity contribution is -0.150. The molecule has 1 aliphatic heterocycles. The standard InChI is InChI=1S/C14H17FN2O3/c1-14(12(18)19)6-3-7-17(9-14)13(20)16-11-5-2-4-10(15)8-11/h2,4-5,8H,3,6-7,9H2,1H3,(H,16,20)(H,18,19). The molecular weight excluding hydrogens is 263 g/mol. The first-order valence-electron chi connectivity index (χ1n) is 6.46. The van der Waals surface area contributed by atoms with Gasteiger partial charge in [0.15, 0.2) is 0 Å². The van der Waals surface area contributed by atoms with Gasteiger partial charge in [-0.3, -0.25) is 4.79 Å². The summed E-state index contributed by atoms with van der Waals surface area (Å²) in [5, 5.41) is 11.8. The van der Waals surface area contributed by atoms with Crippen molar-refractivity contribution in [3.05, 3.63) is 30.1 Å². The maximum atomic E-state index is 13.0. The van der Waals surface area contributed by atoms with Crippen molar-refractivity contribution in [2.45, 2.75) is 19.8 Å². The van der Waals surface area contributed by atoms with Gasteiger partial charge in [-0.15, -0.1) is 0 Å². The first-order valence-corrected chi connectivity index (χ1v) is 6.46. The fraction of sp³-hybridized carbons (Fsp3) is 0.429. The van der Waals surface area contributed by atoms with Gasteiger partial charge in [0, 0.05) is 18.8 Å². The topological polar surface area (TPSA) is 69.6 Å². The highest BCUT2D eigenvalue weighted by Crippen LogP contribution is 2.30. The molecule has 0 radical (unpaired) electrons. The number of rotatable bonds is 2. The summed E-state index contributed by atoms with van der Waals surface area (Å²) in [5.74, 6) is -1.34. The fourth-order valence-corrected chi connectivity index (χ4v) is 2.36. The third-order valence-electron chi connectivity index (χ3n) is 3.58. The van der Waals surface area contributed by atoms with E-state index in [9.17, 15) is 19.1 Å². The highest BCUT2D eigenvalue weighted by Gasteiger charge is 2.39. The monoisotopic (exact) mass is 280 g/mol. The van der Waals surface area contributed by atoms with Crippen molar-refractivity contribution in [3.8, 4) is 0 Å². The maximum absolute atomic E-state index is 13.0. The average Bonchev–Trinajstić information content (AvgIpc) is 2.38. The third kappa shape index (κ3) is 3.07. The largest absolute Gasteiger partial charge is 0.481 e. The van der Waals surface area contributed by atoms with Crippen LogP contribution in [0.5, 0.6) is 0 Å². The summed E-state index contributed by atoms with van der Waals surface area (Å²) >= 11 is 0. The Balaban J connectivity index is 2.04. The van der Waals surface area contributed by atoms with E-state index in [1.165, 1.54) is 23.1 Å². The molecule has 1 fully saturated rings. The SMILES string of the molecule is CC1(C(=O)O)CCCN(C(=O)Nc2cccc(F)c2)C1. The van der Waals surface area contributed by atoms with Crippen LogP contribution >= 0.6 is 0 Å². The smallest absolute Gasteiger partial charge is 0.321 e. The number of hydrogen-bond acceptors (Lipinski definition) is 2. The third-order valence-corrected chi connectivity index (χ3v) is 3.58. The number of nitrogens with one attached hydrogen (secondary N) is 1. The van der Waals surface area contributed by atoms with Crippen LogP contribution in [0, 0.1) is 11.2 Å². The molecule has 1 unspecified atom stereocenters. The summed E-state index contributed by atoms with van der Waals surface area (Å²) in [4.78, 5) is 24.8. The van der Waals surface area contributed by atoms with E-state index < -0.39 is 23.2 Å². The molecule has 0 saturated carbocycles. The van der Waals surface area contributed by atoms with Gasteiger partial charge in [-0.25, -0.2) is 9.18 Å². The lowest BCUT2D eigenvalue weighted by atomic mass is 9.82. The van der Waals surface area contributed by atoms with Crippen LogP contribution in [-0.2, 0) is 4.79 Å². The number of anilines is 1. The number of carbonyl (C=O) groups is 2. The highest BCUT2D eigenvalue weighted by atomic mass is 19.1. The molecule has 2 rings (SSSR count). The van der Waals surface area contributed by atoms with Crippen molar-refractivity contribution < 1.29 is 19.1 Å². The van der Waals surface area contributed by atoms with Gasteiger partial charge >= 0.3 is 12.0 Å². The molecule has 5 nitrogen and oxygen atoms in total. The minimum atomic E-state index is -0.919. The van der Waals surface area contributed by atoms with E-state index in [1.807, 2.05) is 0 Å². The van der Waals surface area contributed by atoms with Crippen molar-refractivity contribution >= 4 is 17.7 Å². The maximum Gasteiger partial charge on any atom is 0.321 e. The average molecular weight is 280 g/mol. The number of halogens is 1. The van der Waals surface area contributed by atoms with Crippen LogP contribution in [0.15, 0.2) is 24.3 Å². The molecule has 1 heterocycles. The molecule has 0 bridgehead atoms. The van der Waals surface area contributed by atoms with Crippen LogP contribution in [0.4, 0.5) is 14.9 Å². The minimum Gasteiger partial charge on any atom is -0.481 e. The zero-order chi connectivity index (χ0) is 14.8. The Morgan fingerprint density at radius 1 is 1.45 bits per heavy atom. The molecule has 2 amide bonds. The molecular formula is C14H17FN2O3. The lowest BCUT2D eigenvalue weighted by Crippen LogP contribution is -2.49. The van der Waals surface area contributed by atoms with Crippen molar-refractivity contribution in [3.63, 3.8) is 0 Å². The van der Waals surface area contributed by atoms with E-state index in [-0.39, 0.29) is 6.54 Å². The second-order valence-corrected chi connectivity index (χ2v) is 5.33. The van der Waals surface area contributed by atoms with E-state index in [2.05, 4.69) is 5.32 Å². The van der Waals surface area contributed by atoms with Crippen molar-refractivity contribution in [1.82, 2.24) is 4.90 Å². The highest BCUT2D eigenvalue weighted by molar-refractivity contribution is 5.90. The Morgan fingerprint density at radius 2 is 2.20 bits per heavy atom. The number of carboxylic acid groups (broad SMARTS) is 1. The lowest BCUT2D eigenvalue weighted by Gasteiger charge is -2.37. The van der Waals surface area contributed by atoms with E-state index >= 15 is 0 Å². The van der Waals surface area contributed by atoms with Crippen molar-refractivity contribution in [1.29, 1.82) is 0 Å². The van der Waals surface area contributed by atoms with Crippen LogP contribution in [0.3, 0.4) is 0 Å². The number of hydrogen-bond donors (Lipinski definition) is 2. The molecule has 2 N–H and O–H groups in total. The van der Waals surface area contributed by atoms with Crippen LogP contribution in [0.25, 0.3) is 0 Å². The van der Waals surface area contributed by atoms with Gasteiger partial charge in [-0.1, -0.05) is 6.07 Å². The molecule has 1 aromatic carbocycles. The van der Waals surface area contributed by atoms with Gasteiger partial charge in [-0.05, 0) is 38.0 Å². The Morgan fingerprint density at radius 3 is 2.85 bits per heavy atom. The predicted molar refractivity (Wildman–Crippen MR) is 72.0 cm³/mol. The Kier molecular flexibility index (Phi) is 3.92. The first kappa shape index (κ1) is 14.3. The molecule has 20 heavy (non-hydrogen) atoms. The molecule has 6 heteroatoms. The Hall–Kier alpha value is -2.11. The second kappa shape index (κ2) is 5.48. The summed E-state index contributed by atoms with van der Waals surface area (Å²) in [7, 11) is 0. The summed E-state index contributed by atoms with van der Waals surface area (Å²) in [6, 6.07) is 5.20. The quantitative estimate of drug-likeness (QED) is 0.874. The number of aliphatic carboxylic acids is 1. The summed E-state index contributed by atoms with van der Waals surface area (Å²) in [6.45, 7) is 2.30. The van der Waals surface area contributed by atoms with Gasteiger partial charge in [-0.2, -0.15) is 0 Å². The number of carboxylic acids is 1. The number of urea groups is 1. The summed E-state index contributed by atoms with van der Waals surface area (Å²) in [5.41, 5.74) is -0.560. The van der Waals surface area contributed by atoms with Crippen LogP contribution in [0.1, 0.15) is 19.8 Å². The normalized spacial score (nSPS) is 22.4. The molecule has 0 aromatic heterocycles. The van der Waals surface area contributed by atoms with Crippen LogP contribution in [-0.4, -0.2) is 35.1 Å². The van der Waals surface area contributed by atoms with E-state index in [0.717, 1.165) is 0 Å². The number of benzene rings is 1. The number of amides is 2. The molecule has 1 atom stereocenters. The van der Waals surface area contributed by atoms with Crippen LogP contribution < -0.4 is 5.32 Å². The molecule has 0 aliphatic carbocycles. The zero-order valence-electron chi connectivity index (χ0n) is 11.2. The van der Waals surface area contributed by atoms with Gasteiger partial charge in [0.05, 0.1) is 5.41 Å². The van der Waals surface area contributed by atoms with Crippen molar-refractivity contribution in [2.75, 3.05) is 18.4 Å². The van der Waals surface area contributed by atoms with Gasteiger partial charge in [0.1, 0.15) is 5.82 Å². The Bertz CT molecular complexity index is 535. The molecule has 0 spiro atoms. The van der Waals surface area contributed by atoms with E-state index in [1.54, 1.807) is 13.0 Å². The van der Waals surface area contributed by atoms with Crippen LogP contribution in [0.2, 0.25) is 0 Å². The van der Waals surface area contributed by atoms with Crippen molar-refractivity contribution in [2.24, 2.45) is 5.41 Å². The Labute approximate surface area is 116 Å². The van der Waals surface area contributed by atoms with E-state index in [4.69, 9.17) is 0 Å². The first-order chi connectivity index (χ1) is 9.40. The van der Waals surface area contributed by atoms with Gasteiger partial charge < -0.3 is 15.3 Å². The minimum absolute atomic E-state index is 0.156. The molecule has 108 valence electrons. The fourth-order valence-electron chi connectivity index (χ4n) is 2.36. The van der Waals surface area contributed by atoms with Gasteiger partial charge in [0.2, 0.25) is 0 Å². The number of carbonyl (C=O) groups excluding carboxylic acids is 1.